The zero-order valence-electron chi connectivity index (χ0n) is 13.2. The smallest absolute Gasteiger partial charge is 0.0957 e. The van der Waals surface area contributed by atoms with Crippen molar-refractivity contribution in [2.75, 3.05) is 18.0 Å². The van der Waals surface area contributed by atoms with Gasteiger partial charge in [0, 0.05) is 13.1 Å². The molecule has 2 fully saturated rings. The Bertz CT molecular complexity index is 441. The van der Waals surface area contributed by atoms with Crippen LogP contribution in [0, 0.1) is 5.41 Å². The highest BCUT2D eigenvalue weighted by molar-refractivity contribution is 5.45. The predicted octanol–water partition coefficient (Wildman–Crippen LogP) is 4.08. The molecule has 1 N–H and O–H groups in total. The first-order valence-corrected chi connectivity index (χ1v) is 8.61. The van der Waals surface area contributed by atoms with Gasteiger partial charge in [-0.15, -0.1) is 0 Å². The summed E-state index contributed by atoms with van der Waals surface area (Å²) in [4.78, 5) is 6.90. The molecule has 21 heavy (non-hydrogen) atoms. The number of pyridine rings is 1. The van der Waals surface area contributed by atoms with Crippen molar-refractivity contribution >= 4 is 5.69 Å². The van der Waals surface area contributed by atoms with Gasteiger partial charge in [-0.2, -0.15) is 0 Å². The topological polar surface area (TPSA) is 36.4 Å². The molecule has 116 valence electrons. The van der Waals surface area contributed by atoms with Crippen LogP contribution in [0.2, 0.25) is 0 Å². The van der Waals surface area contributed by atoms with Crippen molar-refractivity contribution in [3.63, 3.8) is 0 Å². The standard InChI is InChI=1S/C18H28N2O/c1-2-17(21)16-7-6-15(14-19-16)20-12-10-18(11-13-20)8-4-3-5-9-18/h6-7,14,17,21H,2-5,8-13H2,1H3/t17-/m0/s1. The Morgan fingerprint density at radius 1 is 1.14 bits per heavy atom. The van der Waals surface area contributed by atoms with Crippen molar-refractivity contribution in [2.24, 2.45) is 5.41 Å². The van der Waals surface area contributed by atoms with Gasteiger partial charge >= 0.3 is 0 Å². The van der Waals surface area contributed by atoms with Crippen LogP contribution in [-0.4, -0.2) is 23.2 Å². The lowest BCUT2D eigenvalue weighted by atomic mass is 9.68. The van der Waals surface area contributed by atoms with Crippen LogP contribution in [0.25, 0.3) is 0 Å². The normalized spacial score (nSPS) is 23.2. The first kappa shape index (κ1) is 14.8. The molecule has 3 rings (SSSR count). The van der Waals surface area contributed by atoms with Crippen molar-refractivity contribution in [1.29, 1.82) is 0 Å². The molecule has 1 aromatic rings. The molecule has 2 heterocycles. The van der Waals surface area contributed by atoms with E-state index in [1.54, 1.807) is 0 Å². The van der Waals surface area contributed by atoms with Crippen LogP contribution in [0.5, 0.6) is 0 Å². The largest absolute Gasteiger partial charge is 0.387 e. The maximum atomic E-state index is 9.82. The van der Waals surface area contributed by atoms with Crippen LogP contribution in [0.15, 0.2) is 18.3 Å². The molecule has 1 aliphatic carbocycles. The van der Waals surface area contributed by atoms with Gasteiger partial charge in [0.1, 0.15) is 0 Å². The maximum absolute atomic E-state index is 9.82. The molecular formula is C18H28N2O. The van der Waals surface area contributed by atoms with E-state index in [0.29, 0.717) is 5.41 Å². The van der Waals surface area contributed by atoms with Crippen LogP contribution in [-0.2, 0) is 0 Å². The van der Waals surface area contributed by atoms with Gasteiger partial charge in [-0.3, -0.25) is 4.98 Å². The maximum Gasteiger partial charge on any atom is 0.0957 e. The summed E-state index contributed by atoms with van der Waals surface area (Å²) in [6.45, 7) is 4.31. The molecule has 2 aliphatic rings. The highest BCUT2D eigenvalue weighted by Gasteiger charge is 2.35. The lowest BCUT2D eigenvalue weighted by Crippen LogP contribution is -2.41. The van der Waals surface area contributed by atoms with Gasteiger partial charge < -0.3 is 10.0 Å². The third-order valence-corrected chi connectivity index (χ3v) is 5.60. The summed E-state index contributed by atoms with van der Waals surface area (Å²) in [5.74, 6) is 0. The Balaban J connectivity index is 1.61. The minimum atomic E-state index is -0.425. The average Bonchev–Trinajstić information content (AvgIpc) is 2.56. The minimum absolute atomic E-state index is 0.425. The fourth-order valence-corrected chi connectivity index (χ4v) is 4.03. The molecule has 0 radical (unpaired) electrons. The summed E-state index contributed by atoms with van der Waals surface area (Å²) in [5.41, 5.74) is 2.66. The van der Waals surface area contributed by atoms with Gasteiger partial charge in [0.15, 0.2) is 0 Å². The van der Waals surface area contributed by atoms with Gasteiger partial charge in [-0.25, -0.2) is 0 Å². The zero-order valence-corrected chi connectivity index (χ0v) is 13.2. The van der Waals surface area contributed by atoms with Crippen molar-refractivity contribution in [3.05, 3.63) is 24.0 Å². The van der Waals surface area contributed by atoms with Crippen molar-refractivity contribution < 1.29 is 5.11 Å². The molecule has 1 saturated carbocycles. The summed E-state index contributed by atoms with van der Waals surface area (Å²) >= 11 is 0. The van der Waals surface area contributed by atoms with Crippen LogP contribution < -0.4 is 4.90 Å². The number of rotatable bonds is 3. The molecule has 3 nitrogen and oxygen atoms in total. The van der Waals surface area contributed by atoms with Crippen molar-refractivity contribution in [1.82, 2.24) is 4.98 Å². The molecule has 1 atom stereocenters. The molecular weight excluding hydrogens is 260 g/mol. The molecule has 0 amide bonds. The fourth-order valence-electron chi connectivity index (χ4n) is 4.03. The third kappa shape index (κ3) is 3.23. The molecule has 1 saturated heterocycles. The zero-order chi connectivity index (χ0) is 14.7. The molecule has 1 aliphatic heterocycles. The van der Waals surface area contributed by atoms with Gasteiger partial charge in [0.2, 0.25) is 0 Å². The van der Waals surface area contributed by atoms with Gasteiger partial charge in [0.05, 0.1) is 23.7 Å². The quantitative estimate of drug-likeness (QED) is 0.910. The minimum Gasteiger partial charge on any atom is -0.387 e. The molecule has 1 spiro atoms. The van der Waals surface area contributed by atoms with E-state index >= 15 is 0 Å². The van der Waals surface area contributed by atoms with Gasteiger partial charge in [0.25, 0.3) is 0 Å². The van der Waals surface area contributed by atoms with Gasteiger partial charge in [-0.1, -0.05) is 26.2 Å². The third-order valence-electron chi connectivity index (χ3n) is 5.60. The second-order valence-electron chi connectivity index (χ2n) is 6.91. The average molecular weight is 288 g/mol. The highest BCUT2D eigenvalue weighted by atomic mass is 16.3. The molecule has 0 bridgehead atoms. The second-order valence-corrected chi connectivity index (χ2v) is 6.91. The Morgan fingerprint density at radius 3 is 2.43 bits per heavy atom. The Kier molecular flexibility index (Phi) is 4.48. The van der Waals surface area contributed by atoms with E-state index < -0.39 is 6.10 Å². The number of aliphatic hydroxyl groups is 1. The summed E-state index contributed by atoms with van der Waals surface area (Å²) in [6.07, 6.45) is 12.1. The number of anilines is 1. The number of hydrogen-bond donors (Lipinski definition) is 1. The number of nitrogens with zero attached hydrogens (tertiary/aromatic N) is 2. The first-order chi connectivity index (χ1) is 10.2. The van der Waals surface area contributed by atoms with E-state index in [1.165, 1.54) is 50.6 Å². The Morgan fingerprint density at radius 2 is 1.86 bits per heavy atom. The van der Waals surface area contributed by atoms with E-state index in [0.717, 1.165) is 25.2 Å². The Hall–Kier alpha value is -1.09. The summed E-state index contributed by atoms with van der Waals surface area (Å²) in [6, 6.07) is 4.11. The molecule has 3 heteroatoms. The van der Waals surface area contributed by atoms with E-state index in [4.69, 9.17) is 0 Å². The first-order valence-electron chi connectivity index (χ1n) is 8.61. The SMILES string of the molecule is CC[C@H](O)c1ccc(N2CCC3(CCCCC3)CC2)cn1. The summed E-state index contributed by atoms with van der Waals surface area (Å²) < 4.78 is 0. The van der Waals surface area contributed by atoms with E-state index in [1.807, 2.05) is 19.2 Å². The molecule has 1 aromatic heterocycles. The van der Waals surface area contributed by atoms with Crippen LogP contribution in [0.1, 0.15) is 70.1 Å². The summed E-state index contributed by atoms with van der Waals surface area (Å²) in [5, 5.41) is 9.82. The van der Waals surface area contributed by atoms with E-state index in [9.17, 15) is 5.11 Å². The number of hydrogen-bond acceptors (Lipinski definition) is 3. The molecule has 0 aromatic carbocycles. The fraction of sp³-hybridized carbons (Fsp3) is 0.722. The highest BCUT2D eigenvalue weighted by Crippen LogP contribution is 2.45. The lowest BCUT2D eigenvalue weighted by molar-refractivity contribution is 0.144. The van der Waals surface area contributed by atoms with Crippen LogP contribution in [0.3, 0.4) is 0 Å². The van der Waals surface area contributed by atoms with Crippen molar-refractivity contribution in [2.45, 2.75) is 64.4 Å². The number of aliphatic hydroxyl groups excluding tert-OH is 1. The van der Waals surface area contributed by atoms with Crippen molar-refractivity contribution in [3.8, 4) is 0 Å². The van der Waals surface area contributed by atoms with Crippen LogP contribution in [0.4, 0.5) is 5.69 Å². The number of aromatic nitrogens is 1. The Labute approximate surface area is 128 Å². The monoisotopic (exact) mass is 288 g/mol. The van der Waals surface area contributed by atoms with E-state index in [-0.39, 0.29) is 0 Å². The molecule has 0 unspecified atom stereocenters. The van der Waals surface area contributed by atoms with Crippen LogP contribution >= 0.6 is 0 Å². The van der Waals surface area contributed by atoms with E-state index in [2.05, 4.69) is 16.0 Å². The predicted molar refractivity (Wildman–Crippen MR) is 86.5 cm³/mol. The lowest BCUT2D eigenvalue weighted by Gasteiger charge is -2.45. The van der Waals surface area contributed by atoms with Gasteiger partial charge in [-0.05, 0) is 49.7 Å². The second kappa shape index (κ2) is 6.35. The summed E-state index contributed by atoms with van der Waals surface area (Å²) in [7, 11) is 0. The number of piperidine rings is 1.